The molecule has 0 spiro atoms. The second-order valence-corrected chi connectivity index (χ2v) is 7.82. The minimum atomic E-state index is -0.0403. The molecule has 0 aliphatic heterocycles. The zero-order chi connectivity index (χ0) is 14.2. The van der Waals surface area contributed by atoms with Crippen molar-refractivity contribution in [1.82, 2.24) is 4.98 Å². The number of nitrogens with one attached hydrogen (secondary N) is 1. The standard InChI is InChI=1S/C15H12N2OS3/c18-14(13-7-9-3-1-4-11(9)21-13)17-15-16-10(8-20-15)12-5-2-6-19-12/h2,5-8H,1,3-4H2,(H,16,17,18). The van der Waals surface area contributed by atoms with Gasteiger partial charge in [-0.05, 0) is 42.3 Å². The smallest absolute Gasteiger partial charge is 0.267 e. The fraction of sp³-hybridized carbons (Fsp3) is 0.200. The van der Waals surface area contributed by atoms with Crippen LogP contribution in [0.15, 0.2) is 29.0 Å². The molecule has 0 aromatic carbocycles. The van der Waals surface area contributed by atoms with Gasteiger partial charge in [0.05, 0.1) is 15.4 Å². The van der Waals surface area contributed by atoms with Crippen LogP contribution in [0.2, 0.25) is 0 Å². The number of nitrogens with zero attached hydrogens (tertiary/aromatic N) is 1. The molecule has 0 radical (unpaired) electrons. The number of carbonyl (C=O) groups is 1. The first kappa shape index (κ1) is 13.2. The van der Waals surface area contributed by atoms with Crippen LogP contribution < -0.4 is 5.32 Å². The van der Waals surface area contributed by atoms with Crippen LogP contribution in [0.1, 0.15) is 26.5 Å². The molecule has 3 aromatic rings. The average Bonchev–Trinajstić information content (AvgIpc) is 3.22. The van der Waals surface area contributed by atoms with E-state index in [2.05, 4.69) is 10.3 Å². The van der Waals surface area contributed by atoms with Gasteiger partial charge in [-0.3, -0.25) is 10.1 Å². The molecule has 1 N–H and O–H groups in total. The normalized spacial score (nSPS) is 13.3. The first-order chi connectivity index (χ1) is 10.3. The number of thiazole rings is 1. The first-order valence-electron chi connectivity index (χ1n) is 6.72. The van der Waals surface area contributed by atoms with Crippen LogP contribution in [-0.2, 0) is 12.8 Å². The van der Waals surface area contributed by atoms with E-state index in [-0.39, 0.29) is 5.91 Å². The number of carbonyl (C=O) groups excluding carboxylic acids is 1. The van der Waals surface area contributed by atoms with Gasteiger partial charge in [-0.2, -0.15) is 0 Å². The lowest BCUT2D eigenvalue weighted by Crippen LogP contribution is -2.09. The molecule has 0 saturated carbocycles. The molecule has 0 atom stereocenters. The Bertz CT molecular complexity index is 764. The minimum Gasteiger partial charge on any atom is -0.297 e. The summed E-state index contributed by atoms with van der Waals surface area (Å²) in [7, 11) is 0. The Balaban J connectivity index is 1.51. The van der Waals surface area contributed by atoms with Crippen molar-refractivity contribution in [3.05, 3.63) is 44.3 Å². The Morgan fingerprint density at radius 3 is 3.05 bits per heavy atom. The fourth-order valence-corrected chi connectivity index (χ4v) is 5.08. The maximum Gasteiger partial charge on any atom is 0.267 e. The summed E-state index contributed by atoms with van der Waals surface area (Å²) in [5.41, 5.74) is 2.28. The molecule has 4 rings (SSSR count). The molecular weight excluding hydrogens is 320 g/mol. The van der Waals surface area contributed by atoms with Crippen LogP contribution in [0.25, 0.3) is 10.6 Å². The Hall–Kier alpha value is -1.50. The van der Waals surface area contributed by atoms with E-state index >= 15 is 0 Å². The van der Waals surface area contributed by atoms with E-state index in [0.717, 1.165) is 28.3 Å². The molecule has 0 saturated heterocycles. The quantitative estimate of drug-likeness (QED) is 0.757. The van der Waals surface area contributed by atoms with Crippen molar-refractivity contribution in [1.29, 1.82) is 0 Å². The third-order valence-corrected chi connectivity index (χ3v) is 6.35. The van der Waals surface area contributed by atoms with Crippen LogP contribution in [-0.4, -0.2) is 10.9 Å². The van der Waals surface area contributed by atoms with E-state index in [9.17, 15) is 4.79 Å². The van der Waals surface area contributed by atoms with Gasteiger partial charge in [0, 0.05) is 10.3 Å². The summed E-state index contributed by atoms with van der Waals surface area (Å²) in [4.78, 5) is 20.1. The molecule has 106 valence electrons. The van der Waals surface area contributed by atoms with Crippen molar-refractivity contribution in [2.75, 3.05) is 5.32 Å². The minimum absolute atomic E-state index is 0.0403. The van der Waals surface area contributed by atoms with E-state index in [1.165, 1.54) is 28.2 Å². The first-order valence-corrected chi connectivity index (χ1v) is 9.29. The maximum absolute atomic E-state index is 12.3. The summed E-state index contributed by atoms with van der Waals surface area (Å²) in [5, 5.41) is 7.59. The summed E-state index contributed by atoms with van der Waals surface area (Å²) in [5.74, 6) is -0.0403. The highest BCUT2D eigenvalue weighted by atomic mass is 32.1. The lowest BCUT2D eigenvalue weighted by molar-refractivity contribution is 0.103. The molecule has 0 unspecified atom stereocenters. The molecule has 3 heterocycles. The summed E-state index contributed by atoms with van der Waals surface area (Å²) < 4.78 is 0. The Kier molecular flexibility index (Phi) is 3.37. The van der Waals surface area contributed by atoms with E-state index < -0.39 is 0 Å². The lowest BCUT2D eigenvalue weighted by atomic mass is 10.2. The van der Waals surface area contributed by atoms with Crippen LogP contribution >= 0.6 is 34.0 Å². The number of aryl methyl sites for hydroxylation is 2. The number of hydrogen-bond acceptors (Lipinski definition) is 5. The van der Waals surface area contributed by atoms with Gasteiger partial charge in [-0.1, -0.05) is 6.07 Å². The van der Waals surface area contributed by atoms with Crippen molar-refractivity contribution < 1.29 is 4.79 Å². The lowest BCUT2D eigenvalue weighted by Gasteiger charge is -1.98. The number of rotatable bonds is 3. The van der Waals surface area contributed by atoms with Gasteiger partial charge in [0.2, 0.25) is 0 Å². The highest BCUT2D eigenvalue weighted by Crippen LogP contribution is 2.32. The van der Waals surface area contributed by atoms with Gasteiger partial charge in [0.15, 0.2) is 5.13 Å². The topological polar surface area (TPSA) is 42.0 Å². The molecule has 0 bridgehead atoms. The Morgan fingerprint density at radius 1 is 1.29 bits per heavy atom. The van der Waals surface area contributed by atoms with Gasteiger partial charge in [-0.15, -0.1) is 34.0 Å². The van der Waals surface area contributed by atoms with Crippen LogP contribution in [0, 0.1) is 0 Å². The SMILES string of the molecule is O=C(Nc1nc(-c2cccs2)cs1)c1cc2c(s1)CCC2. The number of amides is 1. The van der Waals surface area contributed by atoms with Crippen molar-refractivity contribution in [2.45, 2.75) is 19.3 Å². The Labute approximate surface area is 134 Å². The summed E-state index contributed by atoms with van der Waals surface area (Å²) in [6.07, 6.45) is 3.45. The predicted molar refractivity (Wildman–Crippen MR) is 89.7 cm³/mol. The molecule has 1 amide bonds. The van der Waals surface area contributed by atoms with E-state index in [0.29, 0.717) is 5.13 Å². The second kappa shape index (κ2) is 5.36. The average molecular weight is 332 g/mol. The summed E-state index contributed by atoms with van der Waals surface area (Å²) in [6.45, 7) is 0. The van der Waals surface area contributed by atoms with E-state index in [1.54, 1.807) is 22.7 Å². The van der Waals surface area contributed by atoms with Crippen LogP contribution in [0.5, 0.6) is 0 Å². The molecule has 3 aromatic heterocycles. The number of thiophene rings is 2. The number of fused-ring (bicyclic) bond motifs is 1. The van der Waals surface area contributed by atoms with E-state index in [1.807, 2.05) is 29.0 Å². The summed E-state index contributed by atoms with van der Waals surface area (Å²) >= 11 is 4.74. The van der Waals surface area contributed by atoms with Crippen molar-refractivity contribution in [3.8, 4) is 10.6 Å². The molecule has 0 fully saturated rings. The molecule has 1 aliphatic carbocycles. The van der Waals surface area contributed by atoms with Crippen molar-refractivity contribution in [2.24, 2.45) is 0 Å². The molecule has 3 nitrogen and oxygen atoms in total. The van der Waals surface area contributed by atoms with Crippen LogP contribution in [0.3, 0.4) is 0 Å². The molecule has 1 aliphatic rings. The maximum atomic E-state index is 12.3. The van der Waals surface area contributed by atoms with Crippen LogP contribution in [0.4, 0.5) is 5.13 Å². The monoisotopic (exact) mass is 332 g/mol. The van der Waals surface area contributed by atoms with Gasteiger partial charge in [0.1, 0.15) is 0 Å². The molecule has 21 heavy (non-hydrogen) atoms. The van der Waals surface area contributed by atoms with Gasteiger partial charge in [-0.25, -0.2) is 4.98 Å². The highest BCUT2D eigenvalue weighted by Gasteiger charge is 2.19. The number of hydrogen-bond donors (Lipinski definition) is 1. The van der Waals surface area contributed by atoms with Gasteiger partial charge >= 0.3 is 0 Å². The second-order valence-electron chi connectivity index (χ2n) is 4.88. The molecule has 6 heteroatoms. The third-order valence-electron chi connectivity index (χ3n) is 3.47. The number of anilines is 1. The molecular formula is C15H12N2OS3. The van der Waals surface area contributed by atoms with Crippen molar-refractivity contribution in [3.63, 3.8) is 0 Å². The Morgan fingerprint density at radius 2 is 2.24 bits per heavy atom. The third kappa shape index (κ3) is 2.54. The van der Waals surface area contributed by atoms with Gasteiger partial charge < -0.3 is 0 Å². The number of aromatic nitrogens is 1. The largest absolute Gasteiger partial charge is 0.297 e. The zero-order valence-corrected chi connectivity index (χ0v) is 13.5. The highest BCUT2D eigenvalue weighted by molar-refractivity contribution is 7.16. The predicted octanol–water partition coefficient (Wildman–Crippen LogP) is 4.67. The zero-order valence-electron chi connectivity index (χ0n) is 11.1. The van der Waals surface area contributed by atoms with Crippen molar-refractivity contribution >= 4 is 45.0 Å². The summed E-state index contributed by atoms with van der Waals surface area (Å²) in [6, 6.07) is 6.08. The fourth-order valence-electron chi connectivity index (χ4n) is 2.47. The van der Waals surface area contributed by atoms with Gasteiger partial charge in [0.25, 0.3) is 5.91 Å². The van der Waals surface area contributed by atoms with E-state index in [4.69, 9.17) is 0 Å².